The van der Waals surface area contributed by atoms with Crippen LogP contribution in [0.2, 0.25) is 0 Å². The number of methoxy groups -OCH3 is 1. The first-order valence-electron chi connectivity index (χ1n) is 11.0. The highest BCUT2D eigenvalue weighted by atomic mass is 16.6. The van der Waals surface area contributed by atoms with Crippen molar-refractivity contribution in [2.24, 2.45) is 0 Å². The lowest BCUT2D eigenvalue weighted by atomic mass is 10.1. The summed E-state index contributed by atoms with van der Waals surface area (Å²) in [6, 6.07) is 17.8. The molecule has 4 rings (SSSR count). The molecule has 0 saturated carbocycles. The topological polar surface area (TPSA) is 100 Å². The summed E-state index contributed by atoms with van der Waals surface area (Å²) in [4.78, 5) is 47.2. The number of nitrogens with one attached hydrogen (secondary N) is 2. The molecule has 3 atom stereocenters. The van der Waals surface area contributed by atoms with Crippen LogP contribution in [0.3, 0.4) is 0 Å². The van der Waals surface area contributed by atoms with Crippen LogP contribution in [0.1, 0.15) is 24.0 Å². The minimum atomic E-state index is -0.673. The number of carbonyl (C=O) groups excluding carboxylic acids is 3. The first kappa shape index (κ1) is 22.8. The number of hydrogen-bond acceptors (Lipinski definition) is 6. The maximum Gasteiger partial charge on any atom is 0.411 e. The van der Waals surface area contributed by atoms with Crippen molar-refractivity contribution < 1.29 is 24.0 Å². The third kappa shape index (κ3) is 5.15. The fourth-order valence-corrected chi connectivity index (χ4v) is 4.33. The summed E-state index contributed by atoms with van der Waals surface area (Å²) in [6.45, 7) is 0.977. The first-order chi connectivity index (χ1) is 16.1. The van der Waals surface area contributed by atoms with Gasteiger partial charge in [0.15, 0.2) is 0 Å². The van der Waals surface area contributed by atoms with Gasteiger partial charge in [0.1, 0.15) is 18.2 Å². The highest BCUT2D eigenvalue weighted by molar-refractivity contribution is 5.92. The maximum absolute atomic E-state index is 13.3. The standard InChI is InChI=1S/C24H28N4O5/c1-32-24(31)27-13-12-20(22(29)25-15-17-8-4-2-5-9-17)28-21(27)14-19(23(28)30)26-33-16-18-10-6-3-7-11-18/h2-11,19-21,26H,12-16H2,1H3,(H,25,29). The minimum absolute atomic E-state index is 0.243. The van der Waals surface area contributed by atoms with Crippen molar-refractivity contribution in [2.75, 3.05) is 13.7 Å². The Kier molecular flexibility index (Phi) is 7.21. The molecule has 2 N–H and O–H groups in total. The van der Waals surface area contributed by atoms with Crippen LogP contribution in [0.25, 0.3) is 0 Å². The van der Waals surface area contributed by atoms with Gasteiger partial charge in [0.2, 0.25) is 11.8 Å². The van der Waals surface area contributed by atoms with E-state index in [1.54, 1.807) is 0 Å². The minimum Gasteiger partial charge on any atom is -0.453 e. The summed E-state index contributed by atoms with van der Waals surface area (Å²) in [7, 11) is 1.31. The van der Waals surface area contributed by atoms with Gasteiger partial charge in [-0.25, -0.2) is 4.79 Å². The van der Waals surface area contributed by atoms with E-state index in [1.807, 2.05) is 60.7 Å². The van der Waals surface area contributed by atoms with Gasteiger partial charge in [0.25, 0.3) is 0 Å². The molecule has 2 heterocycles. The molecule has 2 aromatic carbocycles. The summed E-state index contributed by atoms with van der Waals surface area (Å²) in [5, 5.41) is 2.92. The summed E-state index contributed by atoms with van der Waals surface area (Å²) >= 11 is 0. The van der Waals surface area contributed by atoms with Gasteiger partial charge in [-0.2, -0.15) is 5.48 Å². The summed E-state index contributed by atoms with van der Waals surface area (Å²) in [5.41, 5.74) is 4.76. The van der Waals surface area contributed by atoms with Gasteiger partial charge < -0.3 is 15.0 Å². The van der Waals surface area contributed by atoms with Crippen LogP contribution in [-0.2, 0) is 32.3 Å². The smallest absolute Gasteiger partial charge is 0.411 e. The second kappa shape index (κ2) is 10.5. The fraction of sp³-hybridized carbons (Fsp3) is 0.375. The molecule has 2 aliphatic rings. The number of benzene rings is 2. The van der Waals surface area contributed by atoms with Crippen LogP contribution in [0.15, 0.2) is 60.7 Å². The van der Waals surface area contributed by atoms with Crippen LogP contribution in [0.5, 0.6) is 0 Å². The SMILES string of the molecule is COC(=O)N1CCC(C(=O)NCc2ccccc2)N2C(=O)C(NOCc3ccccc3)CC12. The Morgan fingerprint density at radius 2 is 1.70 bits per heavy atom. The lowest BCUT2D eigenvalue weighted by molar-refractivity contribution is -0.147. The highest BCUT2D eigenvalue weighted by Gasteiger charge is 2.51. The Balaban J connectivity index is 1.43. The van der Waals surface area contributed by atoms with E-state index in [1.165, 1.54) is 16.9 Å². The number of fused-ring (bicyclic) bond motifs is 1. The van der Waals surface area contributed by atoms with Gasteiger partial charge >= 0.3 is 6.09 Å². The van der Waals surface area contributed by atoms with Crippen molar-refractivity contribution in [2.45, 2.75) is 44.2 Å². The van der Waals surface area contributed by atoms with E-state index in [0.717, 1.165) is 11.1 Å². The molecule has 0 aliphatic carbocycles. The van der Waals surface area contributed by atoms with Crippen molar-refractivity contribution in [1.82, 2.24) is 20.6 Å². The van der Waals surface area contributed by atoms with Crippen LogP contribution in [0, 0.1) is 0 Å². The second-order valence-electron chi connectivity index (χ2n) is 8.08. The molecular formula is C24H28N4O5. The van der Waals surface area contributed by atoms with Gasteiger partial charge in [-0.3, -0.25) is 19.3 Å². The summed E-state index contributed by atoms with van der Waals surface area (Å²) in [5.74, 6) is -0.519. The van der Waals surface area contributed by atoms with Gasteiger partial charge in [0, 0.05) is 19.5 Å². The Labute approximate surface area is 192 Å². The zero-order valence-corrected chi connectivity index (χ0v) is 18.5. The van der Waals surface area contributed by atoms with Crippen LogP contribution in [0.4, 0.5) is 4.79 Å². The first-order valence-corrected chi connectivity index (χ1v) is 11.0. The second-order valence-corrected chi connectivity index (χ2v) is 8.08. The molecule has 3 amide bonds. The fourth-order valence-electron chi connectivity index (χ4n) is 4.33. The number of ether oxygens (including phenoxy) is 1. The molecule has 0 radical (unpaired) electrons. The van der Waals surface area contributed by atoms with Crippen LogP contribution >= 0.6 is 0 Å². The zero-order chi connectivity index (χ0) is 23.2. The highest BCUT2D eigenvalue weighted by Crippen LogP contribution is 2.31. The van der Waals surface area contributed by atoms with Gasteiger partial charge in [-0.1, -0.05) is 60.7 Å². The van der Waals surface area contributed by atoms with Crippen molar-refractivity contribution >= 4 is 17.9 Å². The average Bonchev–Trinajstić information content (AvgIpc) is 3.19. The van der Waals surface area contributed by atoms with E-state index in [4.69, 9.17) is 9.57 Å². The number of rotatable bonds is 7. The number of nitrogens with zero attached hydrogens (tertiary/aromatic N) is 2. The van der Waals surface area contributed by atoms with E-state index in [-0.39, 0.29) is 18.4 Å². The molecule has 3 unspecified atom stereocenters. The molecule has 2 aliphatic heterocycles. The lowest BCUT2D eigenvalue weighted by Gasteiger charge is -2.43. The van der Waals surface area contributed by atoms with E-state index in [2.05, 4.69) is 10.8 Å². The Morgan fingerprint density at radius 3 is 2.36 bits per heavy atom. The maximum atomic E-state index is 13.3. The van der Waals surface area contributed by atoms with Crippen molar-refractivity contribution in [1.29, 1.82) is 0 Å². The number of amides is 3. The van der Waals surface area contributed by atoms with Crippen LogP contribution < -0.4 is 10.8 Å². The molecule has 2 fully saturated rings. The Morgan fingerprint density at radius 1 is 1.03 bits per heavy atom. The molecule has 0 bridgehead atoms. The van der Waals surface area contributed by atoms with Crippen molar-refractivity contribution in [3.8, 4) is 0 Å². The van der Waals surface area contributed by atoms with E-state index in [9.17, 15) is 14.4 Å². The number of carbonyl (C=O) groups is 3. The molecule has 0 aromatic heterocycles. The normalized spacial score (nSPS) is 22.1. The van der Waals surface area contributed by atoms with Crippen molar-refractivity contribution in [3.05, 3.63) is 71.8 Å². The molecule has 0 spiro atoms. The van der Waals surface area contributed by atoms with Crippen molar-refractivity contribution in [3.63, 3.8) is 0 Å². The molecule has 9 heteroatoms. The Hall–Kier alpha value is -3.43. The molecule has 2 saturated heterocycles. The summed E-state index contributed by atoms with van der Waals surface area (Å²) < 4.78 is 4.91. The molecule has 9 nitrogen and oxygen atoms in total. The van der Waals surface area contributed by atoms with Gasteiger partial charge in [0.05, 0.1) is 13.7 Å². The third-order valence-corrected chi connectivity index (χ3v) is 5.99. The predicted octanol–water partition coefficient (Wildman–Crippen LogP) is 1.79. The van der Waals surface area contributed by atoms with Gasteiger partial charge in [-0.15, -0.1) is 0 Å². The molecular weight excluding hydrogens is 424 g/mol. The lowest BCUT2D eigenvalue weighted by Crippen LogP contribution is -2.62. The average molecular weight is 453 g/mol. The Bertz CT molecular complexity index is 971. The van der Waals surface area contributed by atoms with Crippen LogP contribution in [-0.4, -0.2) is 59.6 Å². The van der Waals surface area contributed by atoms with Gasteiger partial charge in [-0.05, 0) is 17.5 Å². The molecule has 33 heavy (non-hydrogen) atoms. The third-order valence-electron chi connectivity index (χ3n) is 5.99. The largest absolute Gasteiger partial charge is 0.453 e. The number of hydrogen-bond donors (Lipinski definition) is 2. The summed E-state index contributed by atoms with van der Waals surface area (Å²) in [6.07, 6.45) is -0.475. The molecule has 2 aromatic rings. The quantitative estimate of drug-likeness (QED) is 0.622. The van der Waals surface area contributed by atoms with E-state index in [0.29, 0.717) is 25.9 Å². The van der Waals surface area contributed by atoms with E-state index < -0.39 is 24.3 Å². The monoisotopic (exact) mass is 452 g/mol. The zero-order valence-electron chi connectivity index (χ0n) is 18.5. The van der Waals surface area contributed by atoms with E-state index >= 15 is 0 Å². The number of hydroxylamine groups is 1. The predicted molar refractivity (Wildman–Crippen MR) is 119 cm³/mol. The molecule has 174 valence electrons.